The molecule has 5 rings (SSSR count). The maximum atomic E-state index is 13.2. The largest absolute Gasteiger partial charge is 0.368 e. The summed E-state index contributed by atoms with van der Waals surface area (Å²) in [6, 6.07) is 17.4. The molecule has 2 fully saturated rings. The summed E-state index contributed by atoms with van der Waals surface area (Å²) in [6.07, 6.45) is 2.25. The Labute approximate surface area is 188 Å². The zero-order valence-corrected chi connectivity index (χ0v) is 18.5. The average Bonchev–Trinajstić information content (AvgIpc) is 3.46. The Morgan fingerprint density at radius 3 is 2.00 bits per heavy atom. The van der Waals surface area contributed by atoms with Gasteiger partial charge in [0.05, 0.1) is 5.41 Å². The van der Waals surface area contributed by atoms with Gasteiger partial charge >= 0.3 is 0 Å². The van der Waals surface area contributed by atoms with Gasteiger partial charge in [0.15, 0.2) is 0 Å². The Morgan fingerprint density at radius 2 is 1.40 bits per heavy atom. The lowest BCUT2D eigenvalue weighted by molar-refractivity contribution is 0.616. The Kier molecular flexibility index (Phi) is 6.58. The van der Waals surface area contributed by atoms with Gasteiger partial charge in [-0.25, -0.2) is 4.39 Å². The van der Waals surface area contributed by atoms with Crippen molar-refractivity contribution in [2.45, 2.75) is 18.3 Å². The van der Waals surface area contributed by atoms with Gasteiger partial charge in [0.2, 0.25) is 5.95 Å². The highest BCUT2D eigenvalue weighted by atomic mass is 35.5. The van der Waals surface area contributed by atoms with Crippen molar-refractivity contribution in [2.24, 2.45) is 7.05 Å². The van der Waals surface area contributed by atoms with Crippen LogP contribution in [0.1, 0.15) is 24.2 Å². The van der Waals surface area contributed by atoms with E-state index in [1.807, 2.05) is 12.1 Å². The molecule has 1 aliphatic carbocycles. The van der Waals surface area contributed by atoms with Gasteiger partial charge < -0.3 is 9.80 Å². The first-order chi connectivity index (χ1) is 13.7. The summed E-state index contributed by atoms with van der Waals surface area (Å²) in [5.74, 6) is 1.81. The van der Waals surface area contributed by atoms with Crippen molar-refractivity contribution in [3.63, 3.8) is 0 Å². The lowest BCUT2D eigenvalue weighted by Crippen LogP contribution is -2.47. The standard InChI is InChI=1S/C22H24FN5.2ClH/c1-26-20(22(11-12-22)17-5-3-2-4-6-17)24-25-21(26)28-15-13-27(14-16-28)19-9-7-18(23)8-10-19;;/h2-10H,11-16H2,1H3;2*1H. The minimum Gasteiger partial charge on any atom is -0.368 e. The number of rotatable bonds is 4. The lowest BCUT2D eigenvalue weighted by atomic mass is 9.95. The van der Waals surface area contributed by atoms with Crippen LogP contribution in [0, 0.1) is 5.82 Å². The van der Waals surface area contributed by atoms with Gasteiger partial charge in [-0.2, -0.15) is 0 Å². The van der Waals surface area contributed by atoms with Gasteiger partial charge in [0.25, 0.3) is 0 Å². The highest BCUT2D eigenvalue weighted by molar-refractivity contribution is 5.85. The number of hydrogen-bond donors (Lipinski definition) is 0. The van der Waals surface area contributed by atoms with Crippen molar-refractivity contribution in [2.75, 3.05) is 36.0 Å². The molecule has 0 bridgehead atoms. The highest BCUT2D eigenvalue weighted by Crippen LogP contribution is 2.52. The smallest absolute Gasteiger partial charge is 0.227 e. The summed E-state index contributed by atoms with van der Waals surface area (Å²) >= 11 is 0. The van der Waals surface area contributed by atoms with Gasteiger partial charge in [0, 0.05) is 38.9 Å². The van der Waals surface area contributed by atoms with E-state index in [0.29, 0.717) is 0 Å². The van der Waals surface area contributed by atoms with Crippen molar-refractivity contribution in [1.82, 2.24) is 14.8 Å². The molecule has 160 valence electrons. The van der Waals surface area contributed by atoms with Crippen molar-refractivity contribution in [1.29, 1.82) is 0 Å². The molecule has 3 aromatic rings. The van der Waals surface area contributed by atoms with E-state index in [1.54, 1.807) is 0 Å². The van der Waals surface area contributed by atoms with Crippen LogP contribution < -0.4 is 9.80 Å². The minimum atomic E-state index is -0.193. The van der Waals surface area contributed by atoms with E-state index in [2.05, 4.69) is 61.9 Å². The SMILES string of the molecule is Cl.Cl.Cn1c(N2CCN(c3ccc(F)cc3)CC2)nnc1C1(c2ccccc2)CC1. The minimum absolute atomic E-state index is 0. The molecule has 2 aliphatic rings. The van der Waals surface area contributed by atoms with Crippen molar-refractivity contribution < 1.29 is 4.39 Å². The van der Waals surface area contributed by atoms with Crippen LogP contribution >= 0.6 is 24.8 Å². The summed E-state index contributed by atoms with van der Waals surface area (Å²) < 4.78 is 15.3. The molecule has 0 unspecified atom stereocenters. The second-order valence-corrected chi connectivity index (χ2v) is 7.78. The first-order valence-corrected chi connectivity index (χ1v) is 9.88. The molecule has 1 aliphatic heterocycles. The van der Waals surface area contributed by atoms with Crippen LogP contribution in [0.25, 0.3) is 0 Å². The zero-order chi connectivity index (χ0) is 19.1. The fourth-order valence-corrected chi connectivity index (χ4v) is 4.35. The van der Waals surface area contributed by atoms with E-state index in [1.165, 1.54) is 17.7 Å². The van der Waals surface area contributed by atoms with Gasteiger partial charge in [0.1, 0.15) is 11.6 Å². The van der Waals surface area contributed by atoms with Crippen molar-refractivity contribution in [3.8, 4) is 0 Å². The first kappa shape index (κ1) is 22.4. The van der Waals surface area contributed by atoms with Gasteiger partial charge in [-0.15, -0.1) is 35.0 Å². The predicted molar refractivity (Wildman–Crippen MR) is 123 cm³/mol. The quantitative estimate of drug-likeness (QED) is 0.597. The van der Waals surface area contributed by atoms with Crippen LogP contribution in [-0.4, -0.2) is 40.9 Å². The summed E-state index contributed by atoms with van der Waals surface area (Å²) in [7, 11) is 2.08. The average molecular weight is 450 g/mol. The van der Waals surface area contributed by atoms with Gasteiger partial charge in [-0.1, -0.05) is 30.3 Å². The maximum Gasteiger partial charge on any atom is 0.227 e. The third kappa shape index (κ3) is 3.86. The normalized spacial score (nSPS) is 17.1. The fraction of sp³-hybridized carbons (Fsp3) is 0.364. The monoisotopic (exact) mass is 449 g/mol. The Morgan fingerprint density at radius 1 is 0.800 bits per heavy atom. The third-order valence-electron chi connectivity index (χ3n) is 6.11. The Bertz CT molecular complexity index is 965. The number of anilines is 2. The van der Waals surface area contributed by atoms with E-state index < -0.39 is 0 Å². The molecule has 0 atom stereocenters. The van der Waals surface area contributed by atoms with E-state index in [0.717, 1.165) is 56.5 Å². The molecule has 1 saturated heterocycles. The molecule has 2 heterocycles. The molecule has 1 saturated carbocycles. The van der Waals surface area contributed by atoms with Crippen LogP contribution in [0.15, 0.2) is 54.6 Å². The molecule has 30 heavy (non-hydrogen) atoms. The molecule has 0 radical (unpaired) electrons. The highest BCUT2D eigenvalue weighted by Gasteiger charge is 2.50. The van der Waals surface area contributed by atoms with E-state index in [4.69, 9.17) is 0 Å². The number of halogens is 3. The van der Waals surface area contributed by atoms with Gasteiger partial charge in [-0.05, 0) is 42.7 Å². The molecule has 1 aromatic heterocycles. The molecule has 0 amide bonds. The van der Waals surface area contributed by atoms with Crippen LogP contribution in [0.5, 0.6) is 0 Å². The molecule has 0 N–H and O–H groups in total. The van der Waals surface area contributed by atoms with Crippen LogP contribution in [0.3, 0.4) is 0 Å². The van der Waals surface area contributed by atoms with Crippen LogP contribution in [0.4, 0.5) is 16.0 Å². The lowest BCUT2D eigenvalue weighted by Gasteiger charge is -2.36. The number of benzene rings is 2. The second-order valence-electron chi connectivity index (χ2n) is 7.78. The number of piperazine rings is 1. The number of nitrogens with zero attached hydrogens (tertiary/aromatic N) is 5. The molecular weight excluding hydrogens is 424 g/mol. The molecule has 2 aromatic carbocycles. The summed E-state index contributed by atoms with van der Waals surface area (Å²) in [5, 5.41) is 9.16. The number of hydrogen-bond acceptors (Lipinski definition) is 4. The van der Waals surface area contributed by atoms with Crippen LogP contribution in [-0.2, 0) is 12.5 Å². The van der Waals surface area contributed by atoms with E-state index >= 15 is 0 Å². The Balaban J connectivity index is 0.00000128. The van der Waals surface area contributed by atoms with E-state index in [-0.39, 0.29) is 36.0 Å². The maximum absolute atomic E-state index is 13.2. The van der Waals surface area contributed by atoms with Crippen molar-refractivity contribution in [3.05, 3.63) is 71.8 Å². The topological polar surface area (TPSA) is 37.2 Å². The third-order valence-corrected chi connectivity index (χ3v) is 6.11. The Hall–Kier alpha value is -2.31. The predicted octanol–water partition coefficient (Wildman–Crippen LogP) is 4.20. The van der Waals surface area contributed by atoms with Crippen molar-refractivity contribution >= 4 is 36.4 Å². The first-order valence-electron chi connectivity index (χ1n) is 9.88. The number of aromatic nitrogens is 3. The second kappa shape index (κ2) is 8.82. The summed E-state index contributed by atoms with van der Waals surface area (Å²) in [4.78, 5) is 4.59. The molecule has 5 nitrogen and oxygen atoms in total. The summed E-state index contributed by atoms with van der Waals surface area (Å²) in [5.41, 5.74) is 2.43. The zero-order valence-electron chi connectivity index (χ0n) is 16.9. The van der Waals surface area contributed by atoms with E-state index in [9.17, 15) is 4.39 Å². The fourth-order valence-electron chi connectivity index (χ4n) is 4.35. The summed E-state index contributed by atoms with van der Waals surface area (Å²) in [6.45, 7) is 3.53. The molecule has 0 spiro atoms. The molecule has 8 heteroatoms. The molecular formula is C22H26Cl2FN5. The van der Waals surface area contributed by atoms with Crippen LogP contribution in [0.2, 0.25) is 0 Å². The van der Waals surface area contributed by atoms with Gasteiger partial charge in [-0.3, -0.25) is 4.57 Å².